The Bertz CT molecular complexity index is 685. The van der Waals surface area contributed by atoms with E-state index in [4.69, 9.17) is 5.11 Å². The second-order valence-corrected chi connectivity index (χ2v) is 6.38. The molecule has 132 valence electrons. The summed E-state index contributed by atoms with van der Waals surface area (Å²) in [6.07, 6.45) is 4.97. The van der Waals surface area contributed by atoms with Crippen molar-refractivity contribution in [1.82, 2.24) is 9.97 Å². The van der Waals surface area contributed by atoms with Crippen LogP contribution in [0.5, 0.6) is 0 Å². The highest BCUT2D eigenvalue weighted by atomic mass is 16.4. The van der Waals surface area contributed by atoms with Crippen molar-refractivity contribution in [2.45, 2.75) is 25.7 Å². The summed E-state index contributed by atoms with van der Waals surface area (Å²) in [5, 5.41) is 12.4. The minimum Gasteiger partial charge on any atom is -0.481 e. The number of carboxylic acids is 1. The molecular formula is C19H24N4O2. The minimum atomic E-state index is -0.692. The number of aryl methyl sites for hydroxylation is 1. The quantitative estimate of drug-likeness (QED) is 0.755. The third kappa shape index (κ3) is 4.92. The van der Waals surface area contributed by atoms with Crippen LogP contribution in [-0.4, -0.2) is 40.7 Å². The summed E-state index contributed by atoms with van der Waals surface area (Å²) in [7, 11) is 0. The lowest BCUT2D eigenvalue weighted by Gasteiger charge is -2.31. The fourth-order valence-corrected chi connectivity index (χ4v) is 3.13. The van der Waals surface area contributed by atoms with Gasteiger partial charge in [0.15, 0.2) is 0 Å². The molecule has 0 amide bonds. The lowest BCUT2D eigenvalue weighted by atomic mass is 9.97. The van der Waals surface area contributed by atoms with Gasteiger partial charge in [-0.05, 0) is 31.2 Å². The first-order chi connectivity index (χ1) is 12.2. The van der Waals surface area contributed by atoms with Crippen molar-refractivity contribution < 1.29 is 9.90 Å². The van der Waals surface area contributed by atoms with Gasteiger partial charge in [0.25, 0.3) is 0 Å². The normalized spacial score (nSPS) is 15.1. The molecule has 25 heavy (non-hydrogen) atoms. The molecule has 0 radical (unpaired) electrons. The predicted molar refractivity (Wildman–Crippen MR) is 97.9 cm³/mol. The molecule has 0 atom stereocenters. The van der Waals surface area contributed by atoms with E-state index in [0.717, 1.165) is 44.1 Å². The molecular weight excluding hydrogens is 316 g/mol. The van der Waals surface area contributed by atoms with E-state index in [9.17, 15) is 4.79 Å². The Labute approximate surface area is 147 Å². The van der Waals surface area contributed by atoms with Crippen LogP contribution < -0.4 is 10.2 Å². The number of hydrogen-bond acceptors (Lipinski definition) is 5. The van der Waals surface area contributed by atoms with Gasteiger partial charge in [-0.1, -0.05) is 30.3 Å². The van der Waals surface area contributed by atoms with Crippen LogP contribution in [0.4, 0.5) is 11.6 Å². The van der Waals surface area contributed by atoms with Gasteiger partial charge < -0.3 is 15.3 Å². The summed E-state index contributed by atoms with van der Waals surface area (Å²) < 4.78 is 0. The Balaban J connectivity index is 1.47. The Hall–Kier alpha value is -2.63. The highest BCUT2D eigenvalue weighted by molar-refractivity contribution is 5.70. The van der Waals surface area contributed by atoms with Crippen molar-refractivity contribution in [3.63, 3.8) is 0 Å². The number of carbonyl (C=O) groups is 1. The lowest BCUT2D eigenvalue weighted by Crippen LogP contribution is -2.36. The van der Waals surface area contributed by atoms with Crippen LogP contribution in [0, 0.1) is 5.92 Å². The van der Waals surface area contributed by atoms with Gasteiger partial charge >= 0.3 is 5.97 Å². The van der Waals surface area contributed by atoms with Gasteiger partial charge in [-0.15, -0.1) is 0 Å². The Morgan fingerprint density at radius 3 is 2.68 bits per heavy atom. The Kier molecular flexibility index (Phi) is 5.82. The third-order valence-corrected chi connectivity index (χ3v) is 4.61. The number of aromatic nitrogens is 2. The van der Waals surface area contributed by atoms with Gasteiger partial charge in [-0.2, -0.15) is 0 Å². The molecule has 1 aliphatic rings. The number of piperidine rings is 1. The number of hydrogen-bond donors (Lipinski definition) is 2. The molecule has 6 heteroatoms. The number of anilines is 2. The topological polar surface area (TPSA) is 78.4 Å². The fourth-order valence-electron chi connectivity index (χ4n) is 3.13. The van der Waals surface area contributed by atoms with Gasteiger partial charge in [-0.25, -0.2) is 9.97 Å². The highest BCUT2D eigenvalue weighted by Gasteiger charge is 2.25. The number of nitrogens with one attached hydrogen (secondary N) is 1. The zero-order valence-electron chi connectivity index (χ0n) is 14.3. The summed E-state index contributed by atoms with van der Waals surface area (Å²) in [6.45, 7) is 2.30. The predicted octanol–water partition coefficient (Wildman–Crippen LogP) is 2.82. The van der Waals surface area contributed by atoms with Crippen molar-refractivity contribution in [2.75, 3.05) is 29.9 Å². The summed E-state index contributed by atoms with van der Waals surface area (Å²) in [6, 6.07) is 12.4. The number of rotatable bonds is 7. The van der Waals surface area contributed by atoms with Gasteiger partial charge in [0.1, 0.15) is 18.0 Å². The third-order valence-electron chi connectivity index (χ3n) is 4.61. The molecule has 3 rings (SSSR count). The van der Waals surface area contributed by atoms with E-state index in [0.29, 0.717) is 12.8 Å². The molecule has 2 N–H and O–H groups in total. The Morgan fingerprint density at radius 1 is 1.20 bits per heavy atom. The van der Waals surface area contributed by atoms with Crippen molar-refractivity contribution in [3.8, 4) is 0 Å². The van der Waals surface area contributed by atoms with Crippen LogP contribution >= 0.6 is 0 Å². The van der Waals surface area contributed by atoms with Crippen LogP contribution in [0.25, 0.3) is 0 Å². The lowest BCUT2D eigenvalue weighted by molar-refractivity contribution is -0.142. The van der Waals surface area contributed by atoms with E-state index < -0.39 is 5.97 Å². The maximum absolute atomic E-state index is 11.0. The molecule has 1 aromatic carbocycles. The average molecular weight is 340 g/mol. The van der Waals surface area contributed by atoms with Crippen LogP contribution in [0.3, 0.4) is 0 Å². The zero-order chi connectivity index (χ0) is 17.5. The summed E-state index contributed by atoms with van der Waals surface area (Å²) >= 11 is 0. The molecule has 0 bridgehead atoms. The molecule has 1 aliphatic heterocycles. The summed E-state index contributed by atoms with van der Waals surface area (Å²) in [5.41, 5.74) is 1.34. The fraction of sp³-hybridized carbons (Fsp3) is 0.421. The van der Waals surface area contributed by atoms with Crippen LogP contribution in [0.1, 0.15) is 24.8 Å². The maximum atomic E-state index is 11.0. The van der Waals surface area contributed by atoms with Crippen LogP contribution in [0.2, 0.25) is 0 Å². The van der Waals surface area contributed by atoms with Crippen molar-refractivity contribution in [3.05, 3.63) is 48.3 Å². The molecule has 1 fully saturated rings. The second-order valence-electron chi connectivity index (χ2n) is 6.38. The van der Waals surface area contributed by atoms with Crippen molar-refractivity contribution in [2.24, 2.45) is 5.92 Å². The van der Waals surface area contributed by atoms with E-state index in [-0.39, 0.29) is 5.92 Å². The van der Waals surface area contributed by atoms with E-state index in [1.165, 1.54) is 5.56 Å². The number of benzene rings is 1. The molecule has 2 heterocycles. The zero-order valence-corrected chi connectivity index (χ0v) is 14.3. The SMILES string of the molecule is O=C(O)C1CCN(c2cc(NCCCc3ccccc3)ncn2)CC1. The van der Waals surface area contributed by atoms with Crippen LogP contribution in [-0.2, 0) is 11.2 Å². The highest BCUT2D eigenvalue weighted by Crippen LogP contribution is 2.23. The first kappa shape index (κ1) is 17.2. The van der Waals surface area contributed by atoms with E-state index in [1.807, 2.05) is 12.1 Å². The van der Waals surface area contributed by atoms with Gasteiger partial charge in [0.05, 0.1) is 5.92 Å². The van der Waals surface area contributed by atoms with Crippen LogP contribution in [0.15, 0.2) is 42.7 Å². The summed E-state index contributed by atoms with van der Waals surface area (Å²) in [5.74, 6) is 0.764. The summed E-state index contributed by atoms with van der Waals surface area (Å²) in [4.78, 5) is 21.8. The van der Waals surface area contributed by atoms with Gasteiger partial charge in [0.2, 0.25) is 0 Å². The monoisotopic (exact) mass is 340 g/mol. The van der Waals surface area contributed by atoms with Crippen molar-refractivity contribution in [1.29, 1.82) is 0 Å². The number of aliphatic carboxylic acids is 1. The minimum absolute atomic E-state index is 0.228. The average Bonchev–Trinajstić information content (AvgIpc) is 2.66. The molecule has 0 saturated carbocycles. The molecule has 0 spiro atoms. The van der Waals surface area contributed by atoms with Gasteiger partial charge in [0, 0.05) is 25.7 Å². The standard InChI is InChI=1S/C19H24N4O2/c24-19(25)16-8-11-23(12-9-16)18-13-17(21-14-22-18)20-10-4-7-15-5-2-1-3-6-15/h1-3,5-6,13-14,16H,4,7-12H2,(H,24,25)(H,20,21,22). The van der Waals surface area contributed by atoms with Gasteiger partial charge in [-0.3, -0.25) is 4.79 Å². The first-order valence-corrected chi connectivity index (χ1v) is 8.80. The molecule has 2 aromatic rings. The largest absolute Gasteiger partial charge is 0.481 e. The first-order valence-electron chi connectivity index (χ1n) is 8.80. The Morgan fingerprint density at radius 2 is 1.96 bits per heavy atom. The molecule has 0 aliphatic carbocycles. The van der Waals surface area contributed by atoms with E-state index in [1.54, 1.807) is 6.33 Å². The van der Waals surface area contributed by atoms with E-state index in [2.05, 4.69) is 44.5 Å². The van der Waals surface area contributed by atoms with Crippen molar-refractivity contribution >= 4 is 17.6 Å². The molecule has 1 aromatic heterocycles. The van der Waals surface area contributed by atoms with E-state index >= 15 is 0 Å². The smallest absolute Gasteiger partial charge is 0.306 e. The molecule has 6 nitrogen and oxygen atoms in total. The maximum Gasteiger partial charge on any atom is 0.306 e. The molecule has 0 unspecified atom stereocenters. The second kappa shape index (κ2) is 8.46. The molecule has 1 saturated heterocycles. The number of carboxylic acid groups (broad SMARTS) is 1. The number of nitrogens with zero attached hydrogens (tertiary/aromatic N) is 3.